The molecule has 0 atom stereocenters. The second-order valence-corrected chi connectivity index (χ2v) is 5.86. The van der Waals surface area contributed by atoms with Gasteiger partial charge < -0.3 is 5.73 Å². The summed E-state index contributed by atoms with van der Waals surface area (Å²) >= 11 is 4.66. The first-order valence-corrected chi connectivity index (χ1v) is 7.16. The summed E-state index contributed by atoms with van der Waals surface area (Å²) < 4.78 is 39.9. The number of nitrogens with two attached hydrogens (primary N) is 1. The van der Waals surface area contributed by atoms with Crippen LogP contribution in [0.15, 0.2) is 41.8 Å². The zero-order valence-electron chi connectivity index (χ0n) is 9.95. The number of halogens is 1. The van der Waals surface area contributed by atoms with Gasteiger partial charge in [0.2, 0.25) is 0 Å². The van der Waals surface area contributed by atoms with Gasteiger partial charge in [0.15, 0.2) is 0 Å². The summed E-state index contributed by atoms with van der Waals surface area (Å²) in [5, 5.41) is 0. The van der Waals surface area contributed by atoms with Crippen LogP contribution < -0.4 is 10.5 Å². The Hall–Kier alpha value is -2.13. The molecule has 1 aromatic carbocycles. The van der Waals surface area contributed by atoms with Gasteiger partial charge in [-0.15, -0.1) is 0 Å². The average molecular weight is 312 g/mol. The predicted molar refractivity (Wildman–Crippen MR) is 75.1 cm³/mol. The molecule has 0 aliphatic heterocycles. The van der Waals surface area contributed by atoms with Crippen LogP contribution in [0, 0.1) is 5.82 Å². The van der Waals surface area contributed by atoms with E-state index in [1.54, 1.807) is 0 Å². The summed E-state index contributed by atoms with van der Waals surface area (Å²) in [5.74, 6) is -0.681. The maximum absolute atomic E-state index is 13.4. The minimum atomic E-state index is -3.90. The fourth-order valence-corrected chi connectivity index (χ4v) is 2.64. The van der Waals surface area contributed by atoms with Crippen molar-refractivity contribution in [1.29, 1.82) is 0 Å². The molecule has 0 spiro atoms. The summed E-state index contributed by atoms with van der Waals surface area (Å²) in [6.07, 6.45) is 3.85. The number of thiocarbonyl (C=S) groups is 1. The Morgan fingerprint density at radius 2 is 1.95 bits per heavy atom. The molecule has 9 heteroatoms. The third kappa shape index (κ3) is 3.06. The second-order valence-electron chi connectivity index (χ2n) is 3.74. The van der Waals surface area contributed by atoms with Crippen LogP contribution in [0.4, 0.5) is 10.1 Å². The van der Waals surface area contributed by atoms with Crippen LogP contribution in [0.1, 0.15) is 5.56 Å². The molecule has 0 bridgehead atoms. The van der Waals surface area contributed by atoms with E-state index in [1.165, 1.54) is 18.7 Å². The Bertz CT molecular complexity index is 750. The van der Waals surface area contributed by atoms with Crippen LogP contribution in [-0.4, -0.2) is 23.4 Å². The van der Waals surface area contributed by atoms with E-state index in [1.807, 2.05) is 0 Å². The molecular formula is C11H9FN4O2S2. The topological polar surface area (TPSA) is 98.0 Å². The molecule has 104 valence electrons. The zero-order chi connectivity index (χ0) is 14.8. The summed E-state index contributed by atoms with van der Waals surface area (Å²) in [6.45, 7) is 0. The first-order chi connectivity index (χ1) is 9.40. The van der Waals surface area contributed by atoms with E-state index in [-0.39, 0.29) is 21.1 Å². The Balaban J connectivity index is 2.40. The SMILES string of the molecule is NC(=S)c1cc(S(=O)(=O)Nc2cncnc2)ccc1F. The molecule has 0 radical (unpaired) electrons. The molecule has 2 rings (SSSR count). The first kappa shape index (κ1) is 14.3. The molecule has 1 heterocycles. The lowest BCUT2D eigenvalue weighted by Crippen LogP contribution is -2.16. The van der Waals surface area contributed by atoms with Gasteiger partial charge in [-0.05, 0) is 18.2 Å². The lowest BCUT2D eigenvalue weighted by atomic mass is 10.2. The lowest BCUT2D eigenvalue weighted by molar-refractivity contribution is 0.599. The van der Waals surface area contributed by atoms with Gasteiger partial charge in [0, 0.05) is 5.56 Å². The van der Waals surface area contributed by atoms with Crippen molar-refractivity contribution in [3.63, 3.8) is 0 Å². The number of aromatic nitrogens is 2. The third-order valence-corrected chi connectivity index (χ3v) is 3.93. The highest BCUT2D eigenvalue weighted by atomic mass is 32.2. The van der Waals surface area contributed by atoms with Crippen molar-refractivity contribution in [3.05, 3.63) is 48.3 Å². The van der Waals surface area contributed by atoms with Crippen molar-refractivity contribution in [2.24, 2.45) is 5.73 Å². The first-order valence-electron chi connectivity index (χ1n) is 5.27. The van der Waals surface area contributed by atoms with Gasteiger partial charge >= 0.3 is 0 Å². The van der Waals surface area contributed by atoms with Gasteiger partial charge in [0.1, 0.15) is 17.1 Å². The largest absolute Gasteiger partial charge is 0.389 e. The molecule has 20 heavy (non-hydrogen) atoms. The minimum Gasteiger partial charge on any atom is -0.389 e. The van der Waals surface area contributed by atoms with Gasteiger partial charge in [-0.25, -0.2) is 22.8 Å². The van der Waals surface area contributed by atoms with E-state index < -0.39 is 15.8 Å². The van der Waals surface area contributed by atoms with Crippen molar-refractivity contribution in [2.75, 3.05) is 4.72 Å². The van der Waals surface area contributed by atoms with Gasteiger partial charge in [-0.2, -0.15) is 0 Å². The number of benzene rings is 1. The van der Waals surface area contributed by atoms with E-state index in [9.17, 15) is 12.8 Å². The standard InChI is InChI=1S/C11H9FN4O2S2/c12-10-2-1-8(3-9(10)11(13)19)20(17,18)16-7-4-14-6-15-5-7/h1-6,16H,(H2,13,19). The number of sulfonamides is 1. The molecule has 6 nitrogen and oxygen atoms in total. The van der Waals surface area contributed by atoms with Gasteiger partial charge in [-0.3, -0.25) is 4.72 Å². The maximum atomic E-state index is 13.4. The zero-order valence-corrected chi connectivity index (χ0v) is 11.6. The monoisotopic (exact) mass is 312 g/mol. The second kappa shape index (κ2) is 5.47. The molecule has 0 unspecified atom stereocenters. The number of nitrogens with one attached hydrogen (secondary N) is 1. The molecule has 3 N–H and O–H groups in total. The normalized spacial score (nSPS) is 11.1. The highest BCUT2D eigenvalue weighted by Crippen LogP contribution is 2.18. The Morgan fingerprint density at radius 3 is 2.55 bits per heavy atom. The fourth-order valence-electron chi connectivity index (χ4n) is 1.43. The number of rotatable bonds is 4. The van der Waals surface area contributed by atoms with Crippen molar-refractivity contribution in [2.45, 2.75) is 4.90 Å². The quantitative estimate of drug-likeness (QED) is 0.819. The molecule has 0 aliphatic rings. The van der Waals surface area contributed by atoms with Crippen LogP contribution in [0.25, 0.3) is 0 Å². The van der Waals surface area contributed by atoms with Gasteiger partial charge in [0.25, 0.3) is 10.0 Å². The van der Waals surface area contributed by atoms with Crippen LogP contribution >= 0.6 is 12.2 Å². The van der Waals surface area contributed by atoms with Crippen LogP contribution in [-0.2, 0) is 10.0 Å². The Labute approximate surface area is 119 Å². The maximum Gasteiger partial charge on any atom is 0.262 e. The van der Waals surface area contributed by atoms with E-state index in [2.05, 4.69) is 26.9 Å². The summed E-state index contributed by atoms with van der Waals surface area (Å²) in [4.78, 5) is 6.99. The average Bonchev–Trinajstić information content (AvgIpc) is 2.39. The lowest BCUT2D eigenvalue weighted by Gasteiger charge is -2.09. The van der Waals surface area contributed by atoms with Crippen molar-refractivity contribution >= 4 is 32.9 Å². The van der Waals surface area contributed by atoms with E-state index in [0.29, 0.717) is 0 Å². The van der Waals surface area contributed by atoms with E-state index >= 15 is 0 Å². The molecule has 0 fully saturated rings. The van der Waals surface area contributed by atoms with Crippen molar-refractivity contribution in [1.82, 2.24) is 9.97 Å². The number of hydrogen-bond donors (Lipinski definition) is 2. The molecule has 0 amide bonds. The molecule has 0 saturated carbocycles. The van der Waals surface area contributed by atoms with Crippen molar-refractivity contribution < 1.29 is 12.8 Å². The number of anilines is 1. The molecule has 0 aliphatic carbocycles. The molecular weight excluding hydrogens is 303 g/mol. The minimum absolute atomic E-state index is 0.132. The number of nitrogens with zero attached hydrogens (tertiary/aromatic N) is 2. The summed E-state index contributed by atoms with van der Waals surface area (Å²) in [7, 11) is -3.90. The van der Waals surface area contributed by atoms with Crippen molar-refractivity contribution in [3.8, 4) is 0 Å². The molecule has 0 saturated heterocycles. The highest BCUT2D eigenvalue weighted by Gasteiger charge is 2.17. The fraction of sp³-hybridized carbons (Fsp3) is 0. The van der Waals surface area contributed by atoms with Crippen LogP contribution in [0.3, 0.4) is 0 Å². The smallest absolute Gasteiger partial charge is 0.262 e. The highest BCUT2D eigenvalue weighted by molar-refractivity contribution is 7.92. The van der Waals surface area contributed by atoms with Gasteiger partial charge in [-0.1, -0.05) is 12.2 Å². The Kier molecular flexibility index (Phi) is 3.91. The van der Waals surface area contributed by atoms with Crippen LogP contribution in [0.2, 0.25) is 0 Å². The summed E-state index contributed by atoms with van der Waals surface area (Å²) in [6, 6.07) is 3.18. The number of hydrogen-bond acceptors (Lipinski definition) is 5. The Morgan fingerprint density at radius 1 is 1.30 bits per heavy atom. The third-order valence-electron chi connectivity index (χ3n) is 2.33. The van der Waals surface area contributed by atoms with E-state index in [0.717, 1.165) is 18.2 Å². The summed E-state index contributed by atoms with van der Waals surface area (Å²) in [5.41, 5.74) is 5.39. The predicted octanol–water partition coefficient (Wildman–Crippen LogP) is 1.05. The molecule has 2 aromatic rings. The molecule has 1 aromatic heterocycles. The van der Waals surface area contributed by atoms with Crippen LogP contribution in [0.5, 0.6) is 0 Å². The van der Waals surface area contributed by atoms with Gasteiger partial charge in [0.05, 0.1) is 23.0 Å². The van der Waals surface area contributed by atoms with E-state index in [4.69, 9.17) is 5.73 Å².